The van der Waals surface area contributed by atoms with Gasteiger partial charge in [0, 0.05) is 11.7 Å². The topological polar surface area (TPSA) is 46.6 Å². The Morgan fingerprint density at radius 1 is 1.17 bits per heavy atom. The lowest BCUT2D eigenvalue weighted by Gasteiger charge is -2.22. The van der Waals surface area contributed by atoms with Crippen LogP contribution in [0.1, 0.15) is 34.0 Å². The fourth-order valence-electron chi connectivity index (χ4n) is 3.26. The van der Waals surface area contributed by atoms with E-state index in [2.05, 4.69) is 0 Å². The molecule has 0 N–H and O–H groups in total. The van der Waals surface area contributed by atoms with Crippen LogP contribution in [-0.4, -0.2) is 24.5 Å². The Balaban J connectivity index is 1.69. The number of ether oxygens (including phenoxy) is 1. The van der Waals surface area contributed by atoms with Crippen LogP contribution in [0.15, 0.2) is 42.5 Å². The molecule has 1 aliphatic heterocycles. The van der Waals surface area contributed by atoms with Gasteiger partial charge in [-0.2, -0.15) is 0 Å². The molecule has 0 radical (unpaired) electrons. The average molecular weight is 323 g/mol. The monoisotopic (exact) mass is 323 g/mol. The van der Waals surface area contributed by atoms with Crippen molar-refractivity contribution in [3.63, 3.8) is 0 Å². The van der Waals surface area contributed by atoms with E-state index in [0.29, 0.717) is 5.56 Å². The molecule has 3 rings (SSSR count). The summed E-state index contributed by atoms with van der Waals surface area (Å²) < 4.78 is 5.26. The quantitative estimate of drug-likeness (QED) is 0.813. The van der Waals surface area contributed by atoms with Crippen molar-refractivity contribution in [3.8, 4) is 0 Å². The van der Waals surface area contributed by atoms with Gasteiger partial charge in [-0.15, -0.1) is 0 Å². The second-order valence-corrected chi connectivity index (χ2v) is 6.34. The molecule has 0 spiro atoms. The number of nitrogens with zero attached hydrogens (tertiary/aromatic N) is 1. The molecule has 1 amide bonds. The molecule has 0 saturated heterocycles. The van der Waals surface area contributed by atoms with Crippen molar-refractivity contribution in [2.24, 2.45) is 0 Å². The van der Waals surface area contributed by atoms with Gasteiger partial charge in [0.15, 0.2) is 6.61 Å². The lowest BCUT2D eigenvalue weighted by molar-refractivity contribution is -0.122. The molecule has 0 fully saturated rings. The number of esters is 1. The molecule has 4 nitrogen and oxygen atoms in total. The summed E-state index contributed by atoms with van der Waals surface area (Å²) in [5.74, 6) is -0.647. The van der Waals surface area contributed by atoms with Crippen LogP contribution in [-0.2, 0) is 16.0 Å². The van der Waals surface area contributed by atoms with E-state index in [1.54, 1.807) is 11.0 Å². The number of hydrogen-bond acceptors (Lipinski definition) is 3. The van der Waals surface area contributed by atoms with E-state index in [1.807, 2.05) is 57.2 Å². The van der Waals surface area contributed by atoms with E-state index in [0.717, 1.165) is 28.8 Å². The second-order valence-electron chi connectivity index (χ2n) is 6.34. The number of benzene rings is 2. The Morgan fingerprint density at radius 2 is 1.92 bits per heavy atom. The zero-order valence-electron chi connectivity index (χ0n) is 14.2. The summed E-state index contributed by atoms with van der Waals surface area (Å²) in [5, 5.41) is 0. The Morgan fingerprint density at radius 3 is 2.67 bits per heavy atom. The smallest absolute Gasteiger partial charge is 0.338 e. The van der Waals surface area contributed by atoms with Crippen molar-refractivity contribution in [3.05, 3.63) is 64.7 Å². The van der Waals surface area contributed by atoms with Crippen molar-refractivity contribution < 1.29 is 14.3 Å². The van der Waals surface area contributed by atoms with Gasteiger partial charge in [-0.25, -0.2) is 4.79 Å². The summed E-state index contributed by atoms with van der Waals surface area (Å²) in [4.78, 5) is 26.5. The SMILES string of the molecule is Cc1ccc(C(=O)OCC(=O)N2c3ccccc3C[C@H]2C)c(C)c1. The molecular formula is C20H21NO3. The minimum absolute atomic E-state index is 0.0784. The summed E-state index contributed by atoms with van der Waals surface area (Å²) in [6, 6.07) is 13.5. The van der Waals surface area contributed by atoms with Gasteiger partial charge in [-0.05, 0) is 50.5 Å². The summed E-state index contributed by atoms with van der Waals surface area (Å²) in [6.45, 7) is 5.59. The molecule has 124 valence electrons. The van der Waals surface area contributed by atoms with Crippen LogP contribution in [0.4, 0.5) is 5.69 Å². The Labute approximate surface area is 142 Å². The third-order valence-corrected chi connectivity index (χ3v) is 4.40. The maximum absolute atomic E-state index is 12.5. The molecule has 2 aromatic carbocycles. The van der Waals surface area contributed by atoms with Gasteiger partial charge in [-0.3, -0.25) is 4.79 Å². The number of fused-ring (bicyclic) bond motifs is 1. The summed E-state index contributed by atoms with van der Waals surface area (Å²) in [7, 11) is 0. The van der Waals surface area contributed by atoms with E-state index in [-0.39, 0.29) is 18.6 Å². The third kappa shape index (κ3) is 3.04. The van der Waals surface area contributed by atoms with Gasteiger partial charge in [-0.1, -0.05) is 35.9 Å². The van der Waals surface area contributed by atoms with Crippen LogP contribution in [0, 0.1) is 13.8 Å². The maximum atomic E-state index is 12.5. The van der Waals surface area contributed by atoms with E-state index < -0.39 is 5.97 Å². The summed E-state index contributed by atoms with van der Waals surface area (Å²) >= 11 is 0. The number of para-hydroxylation sites is 1. The van der Waals surface area contributed by atoms with E-state index in [4.69, 9.17) is 4.74 Å². The molecule has 0 bridgehead atoms. The predicted octanol–water partition coefficient (Wildman–Crippen LogP) is 3.44. The first-order chi connectivity index (χ1) is 11.5. The van der Waals surface area contributed by atoms with Gasteiger partial charge < -0.3 is 9.64 Å². The van der Waals surface area contributed by atoms with Gasteiger partial charge in [0.2, 0.25) is 0 Å². The highest BCUT2D eigenvalue weighted by Crippen LogP contribution is 2.31. The number of amides is 1. The predicted molar refractivity (Wildman–Crippen MR) is 93.3 cm³/mol. The van der Waals surface area contributed by atoms with E-state index >= 15 is 0 Å². The number of hydrogen-bond donors (Lipinski definition) is 0. The standard InChI is InChI=1S/C20H21NO3/c1-13-8-9-17(14(2)10-13)20(23)24-12-19(22)21-15(3)11-16-6-4-5-7-18(16)21/h4-10,15H,11-12H2,1-3H3/t15-/m1/s1. The summed E-state index contributed by atoms with van der Waals surface area (Å²) in [6.07, 6.45) is 0.826. The largest absolute Gasteiger partial charge is 0.452 e. The zero-order chi connectivity index (χ0) is 17.3. The van der Waals surface area contributed by atoms with Gasteiger partial charge in [0.25, 0.3) is 5.91 Å². The first kappa shape index (κ1) is 16.2. The van der Waals surface area contributed by atoms with Gasteiger partial charge in [0.05, 0.1) is 5.56 Å². The van der Waals surface area contributed by atoms with Crippen LogP contribution in [0.3, 0.4) is 0 Å². The number of rotatable bonds is 3. The molecule has 24 heavy (non-hydrogen) atoms. The highest BCUT2D eigenvalue weighted by atomic mass is 16.5. The molecular weight excluding hydrogens is 302 g/mol. The number of carbonyl (C=O) groups is 2. The molecule has 1 atom stereocenters. The van der Waals surface area contributed by atoms with Crippen LogP contribution >= 0.6 is 0 Å². The number of carbonyl (C=O) groups excluding carboxylic acids is 2. The number of aryl methyl sites for hydroxylation is 2. The van der Waals surface area contributed by atoms with Crippen molar-refractivity contribution in [1.29, 1.82) is 0 Å². The van der Waals surface area contributed by atoms with Crippen molar-refractivity contribution in [1.82, 2.24) is 0 Å². The minimum Gasteiger partial charge on any atom is -0.452 e. The Hall–Kier alpha value is -2.62. The molecule has 2 aromatic rings. The Kier molecular flexibility index (Phi) is 4.38. The molecule has 0 saturated carbocycles. The van der Waals surface area contributed by atoms with Crippen molar-refractivity contribution in [2.75, 3.05) is 11.5 Å². The van der Waals surface area contributed by atoms with Crippen LogP contribution in [0.25, 0.3) is 0 Å². The second kappa shape index (κ2) is 6.48. The molecule has 0 aliphatic carbocycles. The highest BCUT2D eigenvalue weighted by Gasteiger charge is 2.31. The first-order valence-electron chi connectivity index (χ1n) is 8.11. The lowest BCUT2D eigenvalue weighted by Crippen LogP contribution is -2.38. The maximum Gasteiger partial charge on any atom is 0.338 e. The molecule has 0 aromatic heterocycles. The fraction of sp³-hybridized carbons (Fsp3) is 0.300. The van der Waals surface area contributed by atoms with Crippen LogP contribution in [0.5, 0.6) is 0 Å². The van der Waals surface area contributed by atoms with Gasteiger partial charge >= 0.3 is 5.97 Å². The first-order valence-corrected chi connectivity index (χ1v) is 8.11. The zero-order valence-corrected chi connectivity index (χ0v) is 14.2. The molecule has 0 unspecified atom stereocenters. The average Bonchev–Trinajstić information content (AvgIpc) is 2.88. The van der Waals surface area contributed by atoms with E-state index in [9.17, 15) is 9.59 Å². The number of anilines is 1. The normalized spacial score (nSPS) is 16.0. The summed E-state index contributed by atoms with van der Waals surface area (Å²) in [5.41, 5.74) is 4.51. The molecule has 1 heterocycles. The highest BCUT2D eigenvalue weighted by molar-refractivity contribution is 5.99. The van der Waals surface area contributed by atoms with Crippen molar-refractivity contribution >= 4 is 17.6 Å². The third-order valence-electron chi connectivity index (χ3n) is 4.40. The van der Waals surface area contributed by atoms with Crippen molar-refractivity contribution in [2.45, 2.75) is 33.2 Å². The Bertz CT molecular complexity index is 797. The van der Waals surface area contributed by atoms with Gasteiger partial charge in [0.1, 0.15) is 0 Å². The lowest BCUT2D eigenvalue weighted by atomic mass is 10.1. The molecule has 1 aliphatic rings. The van der Waals surface area contributed by atoms with Crippen LogP contribution < -0.4 is 4.90 Å². The van der Waals surface area contributed by atoms with E-state index in [1.165, 1.54) is 0 Å². The fourth-order valence-corrected chi connectivity index (χ4v) is 3.26. The molecule has 4 heteroatoms. The van der Waals surface area contributed by atoms with Crippen LogP contribution in [0.2, 0.25) is 0 Å². The minimum atomic E-state index is -0.457.